The Kier molecular flexibility index (Phi) is 3.54. The van der Waals surface area contributed by atoms with Crippen molar-refractivity contribution < 1.29 is 8.91 Å². The number of aryl methyl sites for hydroxylation is 1. The van der Waals surface area contributed by atoms with Gasteiger partial charge >= 0.3 is 0 Å². The molecule has 2 rings (SSSR count). The number of benzene rings is 1. The lowest BCUT2D eigenvalue weighted by molar-refractivity contribution is 0.298. The Hall–Kier alpha value is -1.68. The van der Waals surface area contributed by atoms with Gasteiger partial charge in [-0.1, -0.05) is 23.4 Å². The van der Waals surface area contributed by atoms with Crippen LogP contribution in [0, 0.1) is 12.7 Å². The normalized spacial score (nSPS) is 11.1. The van der Waals surface area contributed by atoms with E-state index in [1.807, 2.05) is 31.0 Å². The zero-order valence-corrected chi connectivity index (χ0v) is 9.98. The summed E-state index contributed by atoms with van der Waals surface area (Å²) < 4.78 is 18.4. The van der Waals surface area contributed by atoms with Crippen LogP contribution in [0.5, 0.6) is 0 Å². The van der Waals surface area contributed by atoms with Gasteiger partial charge in [0.05, 0.1) is 5.69 Å². The van der Waals surface area contributed by atoms with Crippen LogP contribution in [-0.4, -0.2) is 17.1 Å². The minimum atomic E-state index is -0.171. The van der Waals surface area contributed by atoms with E-state index in [0.29, 0.717) is 18.7 Å². The number of halogens is 1. The zero-order valence-electron chi connectivity index (χ0n) is 9.98. The van der Waals surface area contributed by atoms with E-state index in [2.05, 4.69) is 5.16 Å². The first-order chi connectivity index (χ1) is 8.15. The fraction of sp³-hybridized carbons (Fsp3) is 0.308. The average Bonchev–Trinajstić information content (AvgIpc) is 2.67. The fourth-order valence-electron chi connectivity index (χ4n) is 1.74. The quantitative estimate of drug-likeness (QED) is 0.814. The van der Waals surface area contributed by atoms with Crippen molar-refractivity contribution >= 4 is 0 Å². The Morgan fingerprint density at radius 2 is 2.06 bits per heavy atom. The fourth-order valence-corrected chi connectivity index (χ4v) is 1.74. The Morgan fingerprint density at radius 1 is 1.29 bits per heavy atom. The van der Waals surface area contributed by atoms with E-state index in [4.69, 9.17) is 4.52 Å². The summed E-state index contributed by atoms with van der Waals surface area (Å²) >= 11 is 0. The van der Waals surface area contributed by atoms with Crippen molar-refractivity contribution in [2.75, 3.05) is 7.05 Å². The highest BCUT2D eigenvalue weighted by Crippen LogP contribution is 2.11. The van der Waals surface area contributed by atoms with Crippen molar-refractivity contribution in [3.05, 3.63) is 53.2 Å². The number of aromatic nitrogens is 1. The van der Waals surface area contributed by atoms with E-state index in [0.717, 1.165) is 11.5 Å². The van der Waals surface area contributed by atoms with Gasteiger partial charge in [-0.3, -0.25) is 4.90 Å². The van der Waals surface area contributed by atoms with Crippen molar-refractivity contribution in [1.82, 2.24) is 10.1 Å². The highest BCUT2D eigenvalue weighted by atomic mass is 19.1. The maximum absolute atomic E-state index is 13.4. The molecule has 0 N–H and O–H groups in total. The van der Waals surface area contributed by atoms with Gasteiger partial charge in [-0.25, -0.2) is 4.39 Å². The third-order valence-corrected chi connectivity index (χ3v) is 2.51. The van der Waals surface area contributed by atoms with Crippen LogP contribution >= 0.6 is 0 Å². The van der Waals surface area contributed by atoms with E-state index < -0.39 is 0 Å². The molecule has 0 aliphatic carbocycles. The molecule has 0 aliphatic heterocycles. The molecule has 0 radical (unpaired) electrons. The Bertz CT molecular complexity index is 496. The van der Waals surface area contributed by atoms with Gasteiger partial charge in [0.2, 0.25) is 0 Å². The summed E-state index contributed by atoms with van der Waals surface area (Å²) in [5, 5.41) is 3.91. The van der Waals surface area contributed by atoms with E-state index in [-0.39, 0.29) is 5.82 Å². The molecule has 0 amide bonds. The first-order valence-electron chi connectivity index (χ1n) is 5.49. The second-order valence-electron chi connectivity index (χ2n) is 4.19. The average molecular weight is 234 g/mol. The molecule has 1 aromatic carbocycles. The summed E-state index contributed by atoms with van der Waals surface area (Å²) in [6.07, 6.45) is 0. The molecule has 3 nitrogen and oxygen atoms in total. The highest BCUT2D eigenvalue weighted by Gasteiger charge is 2.08. The third-order valence-electron chi connectivity index (χ3n) is 2.51. The SMILES string of the molecule is Cc1cc(CN(C)Cc2ccccc2F)no1. The molecule has 0 unspecified atom stereocenters. The summed E-state index contributed by atoms with van der Waals surface area (Å²) in [5.74, 6) is 0.620. The second-order valence-corrected chi connectivity index (χ2v) is 4.19. The monoisotopic (exact) mass is 234 g/mol. The van der Waals surface area contributed by atoms with Crippen LogP contribution in [0.2, 0.25) is 0 Å². The molecule has 0 atom stereocenters. The van der Waals surface area contributed by atoms with Gasteiger partial charge in [0.1, 0.15) is 11.6 Å². The molecular weight excluding hydrogens is 219 g/mol. The van der Waals surface area contributed by atoms with Gasteiger partial charge in [0.25, 0.3) is 0 Å². The number of hydrogen-bond donors (Lipinski definition) is 0. The van der Waals surface area contributed by atoms with Crippen LogP contribution < -0.4 is 0 Å². The summed E-state index contributed by atoms with van der Waals surface area (Å²) in [4.78, 5) is 2.00. The molecule has 1 aromatic heterocycles. The smallest absolute Gasteiger partial charge is 0.133 e. The third kappa shape index (κ3) is 3.14. The van der Waals surface area contributed by atoms with Crippen molar-refractivity contribution in [2.45, 2.75) is 20.0 Å². The molecule has 90 valence electrons. The van der Waals surface area contributed by atoms with Gasteiger partial charge in [-0.15, -0.1) is 0 Å². The van der Waals surface area contributed by atoms with Crippen LogP contribution in [0.15, 0.2) is 34.9 Å². The van der Waals surface area contributed by atoms with E-state index in [1.54, 1.807) is 12.1 Å². The number of rotatable bonds is 4. The van der Waals surface area contributed by atoms with E-state index in [1.165, 1.54) is 6.07 Å². The van der Waals surface area contributed by atoms with Crippen molar-refractivity contribution in [2.24, 2.45) is 0 Å². The molecule has 0 aliphatic rings. The highest BCUT2D eigenvalue weighted by molar-refractivity contribution is 5.17. The van der Waals surface area contributed by atoms with Gasteiger partial charge in [-0.05, 0) is 20.0 Å². The zero-order chi connectivity index (χ0) is 12.3. The Labute approximate surface area is 99.8 Å². The minimum Gasteiger partial charge on any atom is -0.361 e. The summed E-state index contributed by atoms with van der Waals surface area (Å²) in [7, 11) is 1.93. The lowest BCUT2D eigenvalue weighted by Crippen LogP contribution is -2.18. The van der Waals surface area contributed by atoms with Gasteiger partial charge < -0.3 is 4.52 Å². The number of nitrogens with zero attached hydrogens (tertiary/aromatic N) is 2. The minimum absolute atomic E-state index is 0.171. The van der Waals surface area contributed by atoms with Gasteiger partial charge in [0.15, 0.2) is 0 Å². The number of hydrogen-bond acceptors (Lipinski definition) is 3. The molecule has 0 fully saturated rings. The van der Waals surface area contributed by atoms with E-state index >= 15 is 0 Å². The van der Waals surface area contributed by atoms with Crippen LogP contribution in [0.1, 0.15) is 17.0 Å². The molecule has 0 spiro atoms. The van der Waals surface area contributed by atoms with E-state index in [9.17, 15) is 4.39 Å². The first kappa shape index (κ1) is 11.8. The molecule has 0 saturated carbocycles. The molecule has 4 heteroatoms. The molecule has 17 heavy (non-hydrogen) atoms. The van der Waals surface area contributed by atoms with Crippen LogP contribution in [0.25, 0.3) is 0 Å². The van der Waals surface area contributed by atoms with Crippen molar-refractivity contribution in [3.63, 3.8) is 0 Å². The van der Waals surface area contributed by atoms with Crippen LogP contribution in [-0.2, 0) is 13.1 Å². The van der Waals surface area contributed by atoms with Crippen LogP contribution in [0.3, 0.4) is 0 Å². The van der Waals surface area contributed by atoms with Gasteiger partial charge in [0, 0.05) is 24.7 Å². The van der Waals surface area contributed by atoms with Crippen molar-refractivity contribution in [3.8, 4) is 0 Å². The first-order valence-corrected chi connectivity index (χ1v) is 5.49. The molecule has 0 bridgehead atoms. The molecular formula is C13H15FN2O. The lowest BCUT2D eigenvalue weighted by atomic mass is 10.2. The summed E-state index contributed by atoms with van der Waals surface area (Å²) in [5.41, 5.74) is 1.55. The topological polar surface area (TPSA) is 29.3 Å². The summed E-state index contributed by atoms with van der Waals surface area (Å²) in [6.45, 7) is 3.05. The van der Waals surface area contributed by atoms with Crippen molar-refractivity contribution in [1.29, 1.82) is 0 Å². The maximum Gasteiger partial charge on any atom is 0.133 e. The largest absolute Gasteiger partial charge is 0.361 e. The molecule has 1 heterocycles. The lowest BCUT2D eigenvalue weighted by Gasteiger charge is -2.15. The summed E-state index contributed by atoms with van der Waals surface area (Å²) in [6, 6.07) is 8.69. The van der Waals surface area contributed by atoms with Crippen LogP contribution in [0.4, 0.5) is 4.39 Å². The standard InChI is InChI=1S/C13H15FN2O/c1-10-7-12(15-17-10)9-16(2)8-11-5-3-4-6-13(11)14/h3-7H,8-9H2,1-2H3. The maximum atomic E-state index is 13.4. The van der Waals surface area contributed by atoms with Gasteiger partial charge in [-0.2, -0.15) is 0 Å². The molecule has 0 saturated heterocycles. The molecule has 2 aromatic rings. The predicted molar refractivity (Wildman–Crippen MR) is 62.8 cm³/mol. The Balaban J connectivity index is 1.98. The predicted octanol–water partition coefficient (Wildman–Crippen LogP) is 2.75. The Morgan fingerprint density at radius 3 is 2.71 bits per heavy atom. The second kappa shape index (κ2) is 5.10.